The summed E-state index contributed by atoms with van der Waals surface area (Å²) in [6, 6.07) is 0.260. The maximum Gasteiger partial charge on any atom is 0.222 e. The van der Waals surface area contributed by atoms with Gasteiger partial charge in [0.1, 0.15) is 0 Å². The zero-order valence-electron chi connectivity index (χ0n) is 12.2. The lowest BCUT2D eigenvalue weighted by Gasteiger charge is -2.40. The number of carbonyl (C=O) groups is 1. The molecule has 0 aromatic heterocycles. The van der Waals surface area contributed by atoms with Gasteiger partial charge in [0.25, 0.3) is 0 Å². The fraction of sp³-hybridized carbons (Fsp3) is 0.929. The zero-order valence-corrected chi connectivity index (χ0v) is 13.1. The molecule has 0 radical (unpaired) electrons. The Labute approximate surface area is 118 Å². The average Bonchev–Trinajstić information content (AvgIpc) is 2.24. The number of halogens is 1. The van der Waals surface area contributed by atoms with E-state index in [2.05, 4.69) is 27.7 Å². The molecule has 4 heteroatoms. The highest BCUT2D eigenvalue weighted by atomic mass is 35.5. The van der Waals surface area contributed by atoms with Gasteiger partial charge in [-0.15, -0.1) is 12.4 Å². The van der Waals surface area contributed by atoms with Crippen LogP contribution in [0.2, 0.25) is 0 Å². The van der Waals surface area contributed by atoms with Gasteiger partial charge in [0.15, 0.2) is 0 Å². The van der Waals surface area contributed by atoms with Crippen LogP contribution in [0.5, 0.6) is 0 Å². The van der Waals surface area contributed by atoms with Crippen LogP contribution in [0, 0.1) is 11.3 Å². The van der Waals surface area contributed by atoms with Gasteiger partial charge in [-0.3, -0.25) is 4.79 Å². The molecule has 0 spiro atoms. The summed E-state index contributed by atoms with van der Waals surface area (Å²) in [4.78, 5) is 14.3. The Morgan fingerprint density at radius 1 is 1.39 bits per heavy atom. The van der Waals surface area contributed by atoms with Crippen molar-refractivity contribution in [2.24, 2.45) is 17.1 Å². The highest BCUT2D eigenvalue weighted by Gasteiger charge is 2.30. The summed E-state index contributed by atoms with van der Waals surface area (Å²) in [6.45, 7) is 10.2. The molecule has 108 valence electrons. The molecule has 0 aliphatic carbocycles. The lowest BCUT2D eigenvalue weighted by atomic mass is 9.88. The average molecular weight is 277 g/mol. The molecule has 1 fully saturated rings. The third-order valence-corrected chi connectivity index (χ3v) is 3.77. The summed E-state index contributed by atoms with van der Waals surface area (Å²) in [6.07, 6.45) is 3.94. The second kappa shape index (κ2) is 7.34. The smallest absolute Gasteiger partial charge is 0.222 e. The van der Waals surface area contributed by atoms with Crippen LogP contribution in [0.15, 0.2) is 0 Å². The largest absolute Gasteiger partial charge is 0.338 e. The molecule has 0 bridgehead atoms. The Hall–Kier alpha value is -0.280. The van der Waals surface area contributed by atoms with Gasteiger partial charge in [0.2, 0.25) is 5.91 Å². The number of likely N-dealkylation sites (tertiary alicyclic amines) is 1. The van der Waals surface area contributed by atoms with Crippen molar-refractivity contribution >= 4 is 18.3 Å². The zero-order chi connectivity index (χ0) is 13.1. The van der Waals surface area contributed by atoms with Crippen molar-refractivity contribution in [1.29, 1.82) is 0 Å². The van der Waals surface area contributed by atoms with Crippen molar-refractivity contribution in [1.82, 2.24) is 4.90 Å². The normalized spacial score (nSPS) is 24.6. The van der Waals surface area contributed by atoms with Crippen LogP contribution in [0.4, 0.5) is 0 Å². The van der Waals surface area contributed by atoms with E-state index >= 15 is 0 Å². The molecule has 1 aliphatic rings. The minimum atomic E-state index is 0. The highest BCUT2D eigenvalue weighted by molar-refractivity contribution is 5.85. The summed E-state index contributed by atoms with van der Waals surface area (Å²) in [5.74, 6) is 0.842. The second-order valence-electron chi connectivity index (χ2n) is 6.57. The lowest BCUT2D eigenvalue weighted by molar-refractivity contribution is -0.136. The fourth-order valence-corrected chi connectivity index (χ4v) is 2.54. The number of hydrogen-bond acceptors (Lipinski definition) is 2. The van der Waals surface area contributed by atoms with E-state index in [0.29, 0.717) is 24.8 Å². The van der Waals surface area contributed by atoms with Crippen LogP contribution in [-0.2, 0) is 4.79 Å². The summed E-state index contributed by atoms with van der Waals surface area (Å²) < 4.78 is 0. The van der Waals surface area contributed by atoms with Crippen LogP contribution in [0.1, 0.15) is 53.4 Å². The van der Waals surface area contributed by atoms with E-state index in [1.54, 1.807) is 0 Å². The molecule has 0 aromatic rings. The summed E-state index contributed by atoms with van der Waals surface area (Å²) in [7, 11) is 0. The monoisotopic (exact) mass is 276 g/mol. The molecule has 1 amide bonds. The minimum absolute atomic E-state index is 0. The SMILES string of the molecule is CC1CCCN(C(=O)CCC(C)(C)C)C1CN.Cl. The van der Waals surface area contributed by atoms with E-state index in [1.165, 1.54) is 6.42 Å². The predicted octanol–water partition coefficient (Wildman–Crippen LogP) is 2.82. The number of amides is 1. The quantitative estimate of drug-likeness (QED) is 0.862. The van der Waals surface area contributed by atoms with Gasteiger partial charge in [-0.25, -0.2) is 0 Å². The fourth-order valence-electron chi connectivity index (χ4n) is 2.54. The molecule has 1 aliphatic heterocycles. The third-order valence-electron chi connectivity index (χ3n) is 3.77. The maximum atomic E-state index is 12.2. The standard InChI is InChI=1S/C14H28N2O.ClH/c1-11-6-5-9-16(12(11)10-15)13(17)7-8-14(2,3)4;/h11-12H,5-10,15H2,1-4H3;1H. The summed E-state index contributed by atoms with van der Waals surface area (Å²) >= 11 is 0. The first kappa shape index (κ1) is 17.7. The number of piperidine rings is 1. The summed E-state index contributed by atoms with van der Waals surface area (Å²) in [5, 5.41) is 0. The molecule has 1 rings (SSSR count). The molecule has 18 heavy (non-hydrogen) atoms. The molecule has 1 heterocycles. The van der Waals surface area contributed by atoms with Crippen molar-refractivity contribution in [2.45, 2.75) is 59.4 Å². The first-order valence-electron chi connectivity index (χ1n) is 6.84. The van der Waals surface area contributed by atoms with Gasteiger partial charge >= 0.3 is 0 Å². The van der Waals surface area contributed by atoms with Crippen LogP contribution >= 0.6 is 12.4 Å². The maximum absolute atomic E-state index is 12.2. The molecular weight excluding hydrogens is 248 g/mol. The molecule has 0 aromatic carbocycles. The number of hydrogen-bond donors (Lipinski definition) is 1. The molecule has 3 nitrogen and oxygen atoms in total. The van der Waals surface area contributed by atoms with E-state index in [-0.39, 0.29) is 23.9 Å². The highest BCUT2D eigenvalue weighted by Crippen LogP contribution is 2.26. The Bertz CT molecular complexity index is 263. The van der Waals surface area contributed by atoms with Crippen LogP contribution in [0.3, 0.4) is 0 Å². The number of nitrogens with two attached hydrogens (primary N) is 1. The number of rotatable bonds is 3. The second-order valence-corrected chi connectivity index (χ2v) is 6.57. The van der Waals surface area contributed by atoms with E-state index in [9.17, 15) is 4.79 Å². The van der Waals surface area contributed by atoms with Crippen molar-refractivity contribution in [3.8, 4) is 0 Å². The Balaban J connectivity index is 0.00000289. The van der Waals surface area contributed by atoms with Crippen molar-refractivity contribution in [3.63, 3.8) is 0 Å². The first-order valence-corrected chi connectivity index (χ1v) is 6.84. The van der Waals surface area contributed by atoms with E-state index in [0.717, 1.165) is 19.4 Å². The lowest BCUT2D eigenvalue weighted by Crippen LogP contribution is -2.51. The van der Waals surface area contributed by atoms with Gasteiger partial charge in [0.05, 0.1) is 0 Å². The minimum Gasteiger partial charge on any atom is -0.338 e. The van der Waals surface area contributed by atoms with Crippen molar-refractivity contribution < 1.29 is 4.79 Å². The van der Waals surface area contributed by atoms with Gasteiger partial charge in [-0.1, -0.05) is 27.7 Å². The molecule has 2 unspecified atom stereocenters. The number of carbonyl (C=O) groups excluding carboxylic acids is 1. The molecule has 1 saturated heterocycles. The Kier molecular flexibility index (Phi) is 7.23. The Morgan fingerprint density at radius 2 is 2.00 bits per heavy atom. The molecule has 2 atom stereocenters. The van der Waals surface area contributed by atoms with Crippen LogP contribution in [-0.4, -0.2) is 29.9 Å². The van der Waals surface area contributed by atoms with Gasteiger partial charge in [0, 0.05) is 25.6 Å². The van der Waals surface area contributed by atoms with Gasteiger partial charge < -0.3 is 10.6 Å². The van der Waals surface area contributed by atoms with Gasteiger partial charge in [-0.2, -0.15) is 0 Å². The van der Waals surface area contributed by atoms with Crippen molar-refractivity contribution in [3.05, 3.63) is 0 Å². The van der Waals surface area contributed by atoms with Crippen molar-refractivity contribution in [2.75, 3.05) is 13.1 Å². The van der Waals surface area contributed by atoms with Gasteiger partial charge in [-0.05, 0) is 30.6 Å². The van der Waals surface area contributed by atoms with E-state index in [1.807, 2.05) is 4.90 Å². The summed E-state index contributed by atoms with van der Waals surface area (Å²) in [5.41, 5.74) is 6.04. The predicted molar refractivity (Wildman–Crippen MR) is 78.9 cm³/mol. The molecule has 2 N–H and O–H groups in total. The van der Waals surface area contributed by atoms with E-state index < -0.39 is 0 Å². The number of nitrogens with zero attached hydrogens (tertiary/aromatic N) is 1. The van der Waals surface area contributed by atoms with Crippen LogP contribution < -0.4 is 5.73 Å². The third kappa shape index (κ3) is 5.15. The Morgan fingerprint density at radius 3 is 2.50 bits per heavy atom. The molecular formula is C14H29ClN2O. The van der Waals surface area contributed by atoms with E-state index in [4.69, 9.17) is 5.73 Å². The first-order chi connectivity index (χ1) is 7.85. The van der Waals surface area contributed by atoms with Crippen LogP contribution in [0.25, 0.3) is 0 Å². The molecule has 0 saturated carbocycles. The topological polar surface area (TPSA) is 46.3 Å².